The number of nitrogens with two attached hydrogens (primary N) is 1. The first kappa shape index (κ1) is 28.3. The van der Waals surface area contributed by atoms with E-state index in [0.29, 0.717) is 17.7 Å². The Balaban J connectivity index is 2.01. The minimum atomic E-state index is 0.287. The summed E-state index contributed by atoms with van der Waals surface area (Å²) in [6.45, 7) is 16.0. The van der Waals surface area contributed by atoms with Gasteiger partial charge in [-0.2, -0.15) is 0 Å². The fourth-order valence-electron chi connectivity index (χ4n) is 4.85. The van der Waals surface area contributed by atoms with Crippen LogP contribution in [0.4, 0.5) is 0 Å². The van der Waals surface area contributed by atoms with E-state index in [1.807, 2.05) is 48.7 Å². The summed E-state index contributed by atoms with van der Waals surface area (Å²) in [6, 6.07) is 18.2. The van der Waals surface area contributed by atoms with E-state index in [-0.39, 0.29) is 5.92 Å². The first-order valence-corrected chi connectivity index (χ1v) is 13.9. The molecule has 0 amide bonds. The summed E-state index contributed by atoms with van der Waals surface area (Å²) in [6.07, 6.45) is 10.7. The lowest BCUT2D eigenvalue weighted by molar-refractivity contribution is 0.349. The van der Waals surface area contributed by atoms with Crippen molar-refractivity contribution in [2.45, 2.75) is 73.1 Å². The zero-order chi connectivity index (χ0) is 26.8. The second-order valence-corrected chi connectivity index (χ2v) is 10.3. The van der Waals surface area contributed by atoms with Gasteiger partial charge in [0.05, 0.1) is 5.70 Å². The van der Waals surface area contributed by atoms with Crippen molar-refractivity contribution in [2.24, 2.45) is 28.5 Å². The second kappa shape index (κ2) is 13.9. The van der Waals surface area contributed by atoms with Gasteiger partial charge in [-0.25, -0.2) is 4.99 Å². The Hall–Kier alpha value is -3.27. The SMILES string of the molecule is C=C(C(CCCC)CC(C)CC)N1C=CN=C(N)/C1=C(\c1ccc(Oc2ccccc2)cc1)C(C)CC. The molecular weight excluding hydrogens is 454 g/mol. The highest BCUT2D eigenvalue weighted by molar-refractivity contribution is 6.05. The number of nitrogens with zero attached hydrogens (tertiary/aromatic N) is 2. The fourth-order valence-corrected chi connectivity index (χ4v) is 4.85. The predicted molar refractivity (Wildman–Crippen MR) is 158 cm³/mol. The van der Waals surface area contributed by atoms with Crippen LogP contribution in [0.3, 0.4) is 0 Å². The minimum absolute atomic E-state index is 0.287. The highest BCUT2D eigenvalue weighted by Gasteiger charge is 2.28. The standard InChI is InChI=1S/C33H45N3O/c1-7-10-14-28(23-24(4)8-2)26(6)36-22-21-35-33(34)32(36)31(25(5)9-3)27-17-19-30(20-18-27)37-29-15-12-11-13-16-29/h11-13,15-22,24-25,28H,6-10,14,23H2,1-5H3,(H2,34,35)/b32-31+. The molecule has 0 spiro atoms. The van der Waals surface area contributed by atoms with Gasteiger partial charge in [0.1, 0.15) is 17.3 Å². The van der Waals surface area contributed by atoms with Crippen LogP contribution in [0.1, 0.15) is 78.7 Å². The molecule has 0 saturated heterocycles. The minimum Gasteiger partial charge on any atom is -0.457 e. The van der Waals surface area contributed by atoms with Crippen LogP contribution in [0.5, 0.6) is 11.5 Å². The maximum Gasteiger partial charge on any atom is 0.148 e. The van der Waals surface area contributed by atoms with Crippen molar-refractivity contribution in [1.29, 1.82) is 0 Å². The summed E-state index contributed by atoms with van der Waals surface area (Å²) < 4.78 is 6.04. The summed E-state index contributed by atoms with van der Waals surface area (Å²) >= 11 is 0. The van der Waals surface area contributed by atoms with Crippen molar-refractivity contribution >= 4 is 11.4 Å². The van der Waals surface area contributed by atoms with Crippen molar-refractivity contribution in [3.8, 4) is 11.5 Å². The molecule has 0 aromatic heterocycles. The van der Waals surface area contributed by atoms with Crippen molar-refractivity contribution in [3.05, 3.63) is 90.5 Å². The van der Waals surface area contributed by atoms with E-state index in [0.717, 1.165) is 47.7 Å². The molecule has 1 aliphatic rings. The van der Waals surface area contributed by atoms with E-state index in [1.54, 1.807) is 6.20 Å². The van der Waals surface area contributed by atoms with Crippen LogP contribution in [-0.4, -0.2) is 10.7 Å². The molecule has 2 aromatic carbocycles. The molecule has 3 rings (SSSR count). The van der Waals surface area contributed by atoms with Gasteiger partial charge in [0.2, 0.25) is 0 Å². The zero-order valence-electron chi connectivity index (χ0n) is 23.4. The van der Waals surface area contributed by atoms with Gasteiger partial charge in [0, 0.05) is 18.1 Å². The number of aliphatic imine (C=N–C) groups is 1. The van der Waals surface area contributed by atoms with Crippen LogP contribution < -0.4 is 10.5 Å². The Morgan fingerprint density at radius 3 is 2.27 bits per heavy atom. The molecule has 2 aromatic rings. The van der Waals surface area contributed by atoms with E-state index in [9.17, 15) is 0 Å². The van der Waals surface area contributed by atoms with Gasteiger partial charge in [-0.3, -0.25) is 0 Å². The highest BCUT2D eigenvalue weighted by atomic mass is 16.5. The molecular formula is C33H45N3O. The summed E-state index contributed by atoms with van der Waals surface area (Å²) in [7, 11) is 0. The van der Waals surface area contributed by atoms with Gasteiger partial charge >= 0.3 is 0 Å². The second-order valence-electron chi connectivity index (χ2n) is 10.3. The Morgan fingerprint density at radius 2 is 1.65 bits per heavy atom. The van der Waals surface area contributed by atoms with Crippen LogP contribution in [0, 0.1) is 17.8 Å². The maximum absolute atomic E-state index is 6.63. The molecule has 0 fully saturated rings. The van der Waals surface area contributed by atoms with Crippen molar-refractivity contribution in [2.75, 3.05) is 0 Å². The number of allylic oxidation sites excluding steroid dienone is 2. The Labute approximate surface area is 224 Å². The summed E-state index contributed by atoms with van der Waals surface area (Å²) in [5.74, 6) is 3.52. The van der Waals surface area contributed by atoms with E-state index in [4.69, 9.17) is 10.5 Å². The van der Waals surface area contributed by atoms with Gasteiger partial charge < -0.3 is 15.4 Å². The Kier molecular flexibility index (Phi) is 10.6. The van der Waals surface area contributed by atoms with E-state index in [2.05, 4.69) is 63.2 Å². The van der Waals surface area contributed by atoms with Crippen molar-refractivity contribution < 1.29 is 4.74 Å². The average Bonchev–Trinajstić information content (AvgIpc) is 2.92. The van der Waals surface area contributed by atoms with Gasteiger partial charge in [-0.1, -0.05) is 90.8 Å². The molecule has 0 saturated carbocycles. The molecule has 2 N–H and O–H groups in total. The number of amidine groups is 1. The number of ether oxygens (including phenoxy) is 1. The number of hydrogen-bond acceptors (Lipinski definition) is 4. The van der Waals surface area contributed by atoms with Crippen molar-refractivity contribution in [1.82, 2.24) is 4.90 Å². The lowest BCUT2D eigenvalue weighted by Crippen LogP contribution is -2.34. The predicted octanol–water partition coefficient (Wildman–Crippen LogP) is 9.14. The average molecular weight is 500 g/mol. The summed E-state index contributed by atoms with van der Waals surface area (Å²) in [5, 5.41) is 0. The summed E-state index contributed by atoms with van der Waals surface area (Å²) in [4.78, 5) is 6.75. The van der Waals surface area contributed by atoms with Gasteiger partial charge in [-0.05, 0) is 72.4 Å². The lowest BCUT2D eigenvalue weighted by Gasteiger charge is -2.35. The molecule has 198 valence electrons. The van der Waals surface area contributed by atoms with E-state index >= 15 is 0 Å². The van der Waals surface area contributed by atoms with Crippen LogP contribution in [0.2, 0.25) is 0 Å². The molecule has 4 nitrogen and oxygen atoms in total. The first-order valence-electron chi connectivity index (χ1n) is 13.9. The molecule has 4 heteroatoms. The first-order chi connectivity index (χ1) is 17.9. The van der Waals surface area contributed by atoms with E-state index in [1.165, 1.54) is 24.8 Å². The van der Waals surface area contributed by atoms with Crippen LogP contribution in [-0.2, 0) is 0 Å². The zero-order valence-corrected chi connectivity index (χ0v) is 23.4. The number of rotatable bonds is 13. The van der Waals surface area contributed by atoms with Gasteiger partial charge in [0.25, 0.3) is 0 Å². The van der Waals surface area contributed by atoms with Crippen molar-refractivity contribution in [3.63, 3.8) is 0 Å². The lowest BCUT2D eigenvalue weighted by atomic mass is 9.85. The smallest absolute Gasteiger partial charge is 0.148 e. The third-order valence-corrected chi connectivity index (χ3v) is 7.49. The topological polar surface area (TPSA) is 50.8 Å². The number of unbranched alkanes of at least 4 members (excludes halogenated alkanes) is 1. The molecule has 1 aliphatic heterocycles. The van der Waals surface area contributed by atoms with Crippen LogP contribution in [0.25, 0.3) is 5.57 Å². The number of hydrogen-bond donors (Lipinski definition) is 1. The monoisotopic (exact) mass is 499 g/mol. The molecule has 0 bridgehead atoms. The molecule has 3 unspecified atom stereocenters. The largest absolute Gasteiger partial charge is 0.457 e. The molecule has 0 radical (unpaired) electrons. The Morgan fingerprint density at radius 1 is 0.973 bits per heavy atom. The van der Waals surface area contributed by atoms with Crippen LogP contribution in [0.15, 0.2) is 90.0 Å². The normalized spacial score (nSPS) is 17.1. The molecule has 1 heterocycles. The van der Waals surface area contributed by atoms with Gasteiger partial charge in [-0.15, -0.1) is 0 Å². The molecule has 3 atom stereocenters. The molecule has 37 heavy (non-hydrogen) atoms. The fraction of sp³-hybridized carbons (Fsp3) is 0.424. The number of para-hydroxylation sites is 1. The highest BCUT2D eigenvalue weighted by Crippen LogP contribution is 2.38. The van der Waals surface area contributed by atoms with Gasteiger partial charge in [0.15, 0.2) is 0 Å². The van der Waals surface area contributed by atoms with E-state index < -0.39 is 0 Å². The molecule has 0 aliphatic carbocycles. The third kappa shape index (κ3) is 7.38. The third-order valence-electron chi connectivity index (χ3n) is 7.49. The quantitative estimate of drug-likeness (QED) is 0.299. The maximum atomic E-state index is 6.63. The Bertz CT molecular complexity index is 1100. The number of benzene rings is 2. The summed E-state index contributed by atoms with van der Waals surface area (Å²) in [5.41, 5.74) is 11.0. The van der Waals surface area contributed by atoms with Crippen LogP contribution >= 0.6 is 0 Å².